The Balaban J connectivity index is 1.85. The third kappa shape index (κ3) is 3.88. The first kappa shape index (κ1) is 18.5. The topological polar surface area (TPSA) is 34.1 Å². The smallest absolute Gasteiger partial charge is 0.207 e. The van der Waals surface area contributed by atoms with E-state index in [2.05, 4.69) is 0 Å². The molecule has 0 saturated heterocycles. The number of benzene rings is 4. The molecule has 0 saturated carbocycles. The van der Waals surface area contributed by atoms with E-state index >= 15 is 0 Å². The molecule has 0 bridgehead atoms. The number of hydrogen-bond donors (Lipinski definition) is 0. The highest BCUT2D eigenvalue weighted by Gasteiger charge is 2.22. The summed E-state index contributed by atoms with van der Waals surface area (Å²) < 4.78 is 26.8. The first-order valence-electron chi connectivity index (χ1n) is 8.86. The van der Waals surface area contributed by atoms with Gasteiger partial charge in [-0.1, -0.05) is 84.6 Å². The van der Waals surface area contributed by atoms with Crippen LogP contribution in [0.25, 0.3) is 15.7 Å². The number of hydrogen-bond acceptors (Lipinski definition) is 3. The van der Waals surface area contributed by atoms with E-state index in [1.165, 1.54) is 11.8 Å². The summed E-state index contributed by atoms with van der Waals surface area (Å²) in [5, 5.41) is 3.83. The van der Waals surface area contributed by atoms with Gasteiger partial charge in [0.25, 0.3) is 0 Å². The molecule has 2 nitrogen and oxygen atoms in total. The Kier molecular flexibility index (Phi) is 5.33. The van der Waals surface area contributed by atoms with Crippen LogP contribution in [0.5, 0.6) is 0 Å². The maximum Gasteiger partial charge on any atom is 0.207 e. The zero-order valence-corrected chi connectivity index (χ0v) is 16.7. The summed E-state index contributed by atoms with van der Waals surface area (Å²) in [5.74, 6) is 0. The molecule has 0 radical (unpaired) electrons. The third-order valence-electron chi connectivity index (χ3n) is 4.42. The largest absolute Gasteiger partial charge is 0.218 e. The normalized spacial score (nSPS) is 12.2. The first-order valence-corrected chi connectivity index (χ1v) is 11.2. The number of fused-ring (bicyclic) bond motifs is 1. The first-order chi connectivity index (χ1) is 13.6. The monoisotopic (exact) mass is 402 g/mol. The molecule has 28 heavy (non-hydrogen) atoms. The molecule has 0 aliphatic rings. The van der Waals surface area contributed by atoms with Crippen molar-refractivity contribution in [2.75, 3.05) is 0 Å². The molecule has 0 spiro atoms. The van der Waals surface area contributed by atoms with E-state index in [9.17, 15) is 8.42 Å². The molecule has 0 unspecified atom stereocenters. The van der Waals surface area contributed by atoms with Crippen LogP contribution >= 0.6 is 11.8 Å². The van der Waals surface area contributed by atoms with Gasteiger partial charge in [-0.15, -0.1) is 0 Å². The molecule has 0 aromatic heterocycles. The standard InChI is InChI=1S/C24H18O2S2/c25-28(26,23-13-5-2-6-14-23)24(18-27-22-11-3-1-4-12-22)21-16-15-19-9-7-8-10-20(19)17-21/h1-18H/b24-18+. The van der Waals surface area contributed by atoms with Gasteiger partial charge in [-0.3, -0.25) is 0 Å². The molecular formula is C24H18O2S2. The van der Waals surface area contributed by atoms with Crippen LogP contribution in [0.4, 0.5) is 0 Å². The second kappa shape index (κ2) is 8.05. The predicted molar refractivity (Wildman–Crippen MR) is 118 cm³/mol. The van der Waals surface area contributed by atoms with Crippen LogP contribution in [0.2, 0.25) is 0 Å². The van der Waals surface area contributed by atoms with Crippen LogP contribution in [-0.2, 0) is 9.84 Å². The summed E-state index contributed by atoms with van der Waals surface area (Å²) in [6.07, 6.45) is 0. The summed E-state index contributed by atoms with van der Waals surface area (Å²) in [6, 6.07) is 32.1. The Morgan fingerprint density at radius 3 is 2.00 bits per heavy atom. The number of sulfone groups is 1. The van der Waals surface area contributed by atoms with Gasteiger partial charge in [0.2, 0.25) is 9.84 Å². The van der Waals surface area contributed by atoms with Gasteiger partial charge in [0.1, 0.15) is 0 Å². The molecule has 0 aliphatic heterocycles. The van der Waals surface area contributed by atoms with Crippen molar-refractivity contribution in [1.29, 1.82) is 0 Å². The van der Waals surface area contributed by atoms with Crippen molar-refractivity contribution in [3.05, 3.63) is 114 Å². The van der Waals surface area contributed by atoms with Crippen molar-refractivity contribution in [1.82, 2.24) is 0 Å². The van der Waals surface area contributed by atoms with E-state index in [1.54, 1.807) is 29.7 Å². The van der Waals surface area contributed by atoms with E-state index in [0.29, 0.717) is 15.4 Å². The Hall–Kier alpha value is -2.82. The number of thioether (sulfide) groups is 1. The predicted octanol–water partition coefficient (Wildman–Crippen LogP) is 6.40. The van der Waals surface area contributed by atoms with Gasteiger partial charge in [0.05, 0.1) is 9.80 Å². The molecule has 0 atom stereocenters. The molecule has 4 aromatic carbocycles. The molecule has 0 heterocycles. The van der Waals surface area contributed by atoms with Crippen molar-refractivity contribution in [2.24, 2.45) is 0 Å². The Morgan fingerprint density at radius 2 is 1.29 bits per heavy atom. The van der Waals surface area contributed by atoms with Crippen LogP contribution in [-0.4, -0.2) is 8.42 Å². The van der Waals surface area contributed by atoms with Crippen LogP contribution < -0.4 is 0 Å². The fourth-order valence-corrected chi connectivity index (χ4v) is 5.53. The molecule has 0 fully saturated rings. The SMILES string of the molecule is O=S(=O)(/C(=C/Sc1ccccc1)c1ccc2ccccc2c1)c1ccccc1. The lowest BCUT2D eigenvalue weighted by Crippen LogP contribution is -2.04. The highest BCUT2D eigenvalue weighted by Crippen LogP contribution is 2.33. The lowest BCUT2D eigenvalue weighted by atomic mass is 10.1. The lowest BCUT2D eigenvalue weighted by Gasteiger charge is -2.11. The van der Waals surface area contributed by atoms with E-state index < -0.39 is 9.84 Å². The van der Waals surface area contributed by atoms with Crippen LogP contribution in [0, 0.1) is 0 Å². The lowest BCUT2D eigenvalue weighted by molar-refractivity contribution is 0.606. The third-order valence-corrected chi connectivity index (χ3v) is 7.29. The molecule has 4 rings (SSSR count). The summed E-state index contributed by atoms with van der Waals surface area (Å²) >= 11 is 1.41. The fourth-order valence-electron chi connectivity index (χ4n) is 2.98. The van der Waals surface area contributed by atoms with E-state index in [-0.39, 0.29) is 0 Å². The van der Waals surface area contributed by atoms with Crippen molar-refractivity contribution in [3.63, 3.8) is 0 Å². The summed E-state index contributed by atoms with van der Waals surface area (Å²) in [5.41, 5.74) is 0.686. The van der Waals surface area contributed by atoms with E-state index in [4.69, 9.17) is 0 Å². The summed E-state index contributed by atoms with van der Waals surface area (Å²) in [4.78, 5) is 1.59. The molecule has 138 valence electrons. The van der Waals surface area contributed by atoms with Crippen molar-refractivity contribution in [2.45, 2.75) is 9.79 Å². The Morgan fingerprint density at radius 1 is 0.679 bits per heavy atom. The molecule has 4 heteroatoms. The zero-order chi connectivity index (χ0) is 19.4. The van der Waals surface area contributed by atoms with Gasteiger partial charge in [0, 0.05) is 4.90 Å². The minimum atomic E-state index is -3.65. The van der Waals surface area contributed by atoms with Crippen LogP contribution in [0.1, 0.15) is 5.56 Å². The molecular weight excluding hydrogens is 384 g/mol. The highest BCUT2D eigenvalue weighted by molar-refractivity contribution is 8.05. The second-order valence-corrected chi connectivity index (χ2v) is 9.15. The molecule has 0 N–H and O–H groups in total. The fraction of sp³-hybridized carbons (Fsp3) is 0. The average Bonchev–Trinajstić information content (AvgIpc) is 2.75. The summed E-state index contributed by atoms with van der Waals surface area (Å²) in [7, 11) is -3.65. The molecule has 0 aliphatic carbocycles. The average molecular weight is 403 g/mol. The van der Waals surface area contributed by atoms with Crippen molar-refractivity contribution in [3.8, 4) is 0 Å². The van der Waals surface area contributed by atoms with Crippen LogP contribution in [0.3, 0.4) is 0 Å². The molecule has 0 amide bonds. The van der Waals surface area contributed by atoms with Crippen molar-refractivity contribution < 1.29 is 8.42 Å². The van der Waals surface area contributed by atoms with Gasteiger partial charge < -0.3 is 0 Å². The van der Waals surface area contributed by atoms with Crippen LogP contribution in [0.15, 0.2) is 118 Å². The van der Waals surface area contributed by atoms with Gasteiger partial charge >= 0.3 is 0 Å². The maximum atomic E-state index is 13.4. The van der Waals surface area contributed by atoms with Crippen molar-refractivity contribution >= 4 is 37.3 Å². The van der Waals surface area contributed by atoms with E-state index in [0.717, 1.165) is 15.7 Å². The Bertz CT molecular complexity index is 1230. The maximum absolute atomic E-state index is 13.4. The second-order valence-electron chi connectivity index (χ2n) is 6.29. The van der Waals surface area contributed by atoms with Gasteiger partial charge in [0.15, 0.2) is 0 Å². The van der Waals surface area contributed by atoms with Gasteiger partial charge in [-0.05, 0) is 52.1 Å². The highest BCUT2D eigenvalue weighted by atomic mass is 32.2. The molecule has 4 aromatic rings. The van der Waals surface area contributed by atoms with E-state index in [1.807, 2.05) is 78.9 Å². The van der Waals surface area contributed by atoms with Gasteiger partial charge in [-0.25, -0.2) is 8.42 Å². The van der Waals surface area contributed by atoms with Gasteiger partial charge in [-0.2, -0.15) is 0 Å². The minimum Gasteiger partial charge on any atom is -0.218 e. The summed E-state index contributed by atoms with van der Waals surface area (Å²) in [6.45, 7) is 0. The zero-order valence-electron chi connectivity index (χ0n) is 15.0. The Labute approximate surface area is 169 Å². The number of rotatable bonds is 5. The quantitative estimate of drug-likeness (QED) is 0.362. The minimum absolute atomic E-state index is 0.295.